The molecule has 0 spiro atoms. The van der Waals surface area contributed by atoms with Gasteiger partial charge in [0.1, 0.15) is 37.9 Å². The van der Waals surface area contributed by atoms with E-state index in [0.717, 1.165) is 11.5 Å². The molecule has 3 aromatic carbocycles. The monoisotopic (exact) mass is 734 g/mol. The van der Waals surface area contributed by atoms with Crippen LogP contribution in [0.25, 0.3) is 0 Å². The average Bonchev–Trinajstić information content (AvgIpc) is 3.02. The van der Waals surface area contributed by atoms with Gasteiger partial charge in [-0.05, 0) is 60.7 Å². The Morgan fingerprint density at radius 2 is 0.979 bits per heavy atom. The van der Waals surface area contributed by atoms with Crippen LogP contribution in [0.5, 0.6) is 11.5 Å². The number of benzene rings is 3. The van der Waals surface area contributed by atoms with Crippen LogP contribution < -0.4 is 9.47 Å². The molecule has 18 heteroatoms. The molecular weight excluding hydrogens is 707 g/mol. The van der Waals surface area contributed by atoms with Gasteiger partial charge in [-0.3, -0.25) is 0 Å². The van der Waals surface area contributed by atoms with E-state index in [-0.39, 0.29) is 10.9 Å². The highest BCUT2D eigenvalue weighted by Gasteiger charge is 2.83. The average molecular weight is 735 g/mol. The van der Waals surface area contributed by atoms with Crippen LogP contribution in [-0.2, 0) is 30.5 Å². The van der Waals surface area contributed by atoms with Gasteiger partial charge < -0.3 is 23.5 Å². The second kappa shape index (κ2) is 16.9. The molecule has 0 radical (unpaired) electrons. The molecule has 0 amide bonds. The first kappa shape index (κ1) is 40.1. The van der Waals surface area contributed by atoms with Crippen LogP contribution in [0.3, 0.4) is 0 Å². The zero-order valence-electron chi connectivity index (χ0n) is 24.5. The summed E-state index contributed by atoms with van der Waals surface area (Å²) in [5.41, 5.74) is 0. The van der Waals surface area contributed by atoms with Crippen LogP contribution in [0, 0.1) is 0 Å². The van der Waals surface area contributed by atoms with Crippen molar-refractivity contribution >= 4 is 21.0 Å². The maximum absolute atomic E-state index is 12.2. The van der Waals surface area contributed by atoms with Crippen molar-refractivity contribution in [3.63, 3.8) is 0 Å². The molecule has 0 aliphatic carbocycles. The zero-order chi connectivity index (χ0) is 36.2. The van der Waals surface area contributed by atoms with Crippen LogP contribution in [0.2, 0.25) is 0 Å². The zero-order valence-corrected chi connectivity index (χ0v) is 26.1. The molecule has 0 saturated carbocycles. The molecule has 0 bridgehead atoms. The van der Waals surface area contributed by atoms with E-state index < -0.39 is 33.4 Å². The molecular formula is C30H27F9O7S2. The van der Waals surface area contributed by atoms with Crippen LogP contribution in [0.1, 0.15) is 0 Å². The van der Waals surface area contributed by atoms with Gasteiger partial charge in [0.2, 0.25) is 0 Å². The third kappa shape index (κ3) is 9.99. The van der Waals surface area contributed by atoms with E-state index >= 15 is 0 Å². The van der Waals surface area contributed by atoms with Crippen molar-refractivity contribution in [3.05, 3.63) is 105 Å². The maximum atomic E-state index is 12.2. The Hall–Kier alpha value is -4.03. The van der Waals surface area contributed by atoms with Crippen LogP contribution in [0.15, 0.2) is 119 Å². The highest BCUT2D eigenvalue weighted by atomic mass is 32.2. The van der Waals surface area contributed by atoms with Gasteiger partial charge >= 0.3 is 23.3 Å². The van der Waals surface area contributed by atoms with Crippen LogP contribution in [-0.4, -0.2) is 62.7 Å². The molecule has 0 heterocycles. The molecule has 0 aliphatic rings. The number of alkyl halides is 9. The summed E-state index contributed by atoms with van der Waals surface area (Å²) in [6.45, 7) is 8.98. The summed E-state index contributed by atoms with van der Waals surface area (Å²) < 4.78 is 157. The van der Waals surface area contributed by atoms with Crippen molar-refractivity contribution in [3.8, 4) is 11.5 Å². The summed E-state index contributed by atoms with van der Waals surface area (Å²) in [6.07, 6.45) is -4.32. The van der Waals surface area contributed by atoms with E-state index in [1.807, 2.05) is 30.3 Å². The Morgan fingerprint density at radius 3 is 1.31 bits per heavy atom. The Kier molecular flexibility index (Phi) is 14.1. The second-order valence-corrected chi connectivity index (χ2v) is 12.4. The molecule has 3 aromatic rings. The highest BCUT2D eigenvalue weighted by molar-refractivity contribution is 7.97. The van der Waals surface area contributed by atoms with Crippen molar-refractivity contribution in [1.29, 1.82) is 0 Å². The predicted molar refractivity (Wildman–Crippen MR) is 155 cm³/mol. The third-order valence-electron chi connectivity index (χ3n) is 5.70. The van der Waals surface area contributed by atoms with Gasteiger partial charge in [0.15, 0.2) is 24.8 Å². The smallest absolute Gasteiger partial charge is 0.460 e. The van der Waals surface area contributed by atoms with Gasteiger partial charge in [-0.15, -0.1) is 0 Å². The first-order valence-corrected chi connectivity index (χ1v) is 15.8. The fourth-order valence-corrected chi connectivity index (χ4v) is 5.91. The number of hydrogen-bond donors (Lipinski definition) is 0. The van der Waals surface area contributed by atoms with Gasteiger partial charge in [-0.2, -0.15) is 39.5 Å². The van der Waals surface area contributed by atoms with Gasteiger partial charge in [0.25, 0.3) is 0 Å². The molecule has 0 unspecified atom stereocenters. The Morgan fingerprint density at radius 1 is 0.604 bits per heavy atom. The van der Waals surface area contributed by atoms with E-state index in [4.69, 9.17) is 18.9 Å². The number of ether oxygens (including phenoxy) is 4. The molecule has 264 valence electrons. The SMILES string of the molecule is C=COCCOc1ccc([S+](c2ccccc2)c2ccc(OCCOC=C)cc2)cc1.O=S(=O)([O-])C(F)(F)C(F)(F)C(F)(F)C(F)(F)F. The van der Waals surface area contributed by atoms with Crippen molar-refractivity contribution < 1.29 is 71.4 Å². The topological polar surface area (TPSA) is 94.1 Å². The number of hydrogen-bond acceptors (Lipinski definition) is 7. The highest BCUT2D eigenvalue weighted by Crippen LogP contribution is 2.54. The van der Waals surface area contributed by atoms with Crippen LogP contribution >= 0.6 is 0 Å². The van der Waals surface area contributed by atoms with E-state index in [2.05, 4.69) is 61.7 Å². The maximum Gasteiger partial charge on any atom is 0.460 e. The van der Waals surface area contributed by atoms with Crippen molar-refractivity contribution in [2.75, 3.05) is 26.4 Å². The van der Waals surface area contributed by atoms with Crippen molar-refractivity contribution in [2.24, 2.45) is 0 Å². The standard InChI is InChI=1S/C26H27O4S.C4HF9O3S/c1-3-27-18-20-29-22-10-14-25(15-11-22)31(24-8-6-5-7-9-24)26-16-12-23(13-17-26)30-21-19-28-4-2;5-1(6,3(9,10)11)2(7,8)4(12,13)17(14,15)16/h3-17H,1-2,18-21H2;(H,14,15,16)/q+1;/p-1. The summed E-state index contributed by atoms with van der Waals surface area (Å²) in [6, 6.07) is 27.0. The minimum absolute atomic E-state index is 0.236. The first-order valence-electron chi connectivity index (χ1n) is 13.2. The van der Waals surface area contributed by atoms with Gasteiger partial charge in [-0.25, -0.2) is 8.42 Å². The van der Waals surface area contributed by atoms with E-state index in [1.54, 1.807) is 0 Å². The second-order valence-electron chi connectivity index (χ2n) is 8.95. The molecule has 0 N–H and O–H groups in total. The summed E-state index contributed by atoms with van der Waals surface area (Å²) >= 11 is 0. The summed E-state index contributed by atoms with van der Waals surface area (Å²) in [5.74, 6) is -13.2. The molecule has 7 nitrogen and oxygen atoms in total. The normalized spacial score (nSPS) is 12.4. The lowest BCUT2D eigenvalue weighted by Crippen LogP contribution is -2.63. The predicted octanol–water partition coefficient (Wildman–Crippen LogP) is 7.82. The fourth-order valence-electron chi connectivity index (χ4n) is 3.41. The summed E-state index contributed by atoms with van der Waals surface area (Å²) in [5, 5.41) is -7.11. The Bertz CT molecular complexity index is 1490. The van der Waals surface area contributed by atoms with E-state index in [0.29, 0.717) is 26.4 Å². The van der Waals surface area contributed by atoms with E-state index in [1.165, 1.54) is 27.2 Å². The van der Waals surface area contributed by atoms with Crippen LogP contribution in [0.4, 0.5) is 39.5 Å². The molecule has 0 atom stereocenters. The summed E-state index contributed by atoms with van der Waals surface area (Å²) in [7, 11) is -7.65. The van der Waals surface area contributed by atoms with Gasteiger partial charge in [0.05, 0.1) is 23.4 Å². The first-order chi connectivity index (χ1) is 22.3. The number of halogens is 9. The lowest BCUT2D eigenvalue weighted by atomic mass is 10.1. The number of rotatable bonds is 16. The van der Waals surface area contributed by atoms with Gasteiger partial charge in [0, 0.05) is 0 Å². The molecule has 0 saturated heterocycles. The summed E-state index contributed by atoms with van der Waals surface area (Å²) in [4.78, 5) is 3.69. The van der Waals surface area contributed by atoms with Crippen molar-refractivity contribution in [2.45, 2.75) is 38.0 Å². The molecule has 3 rings (SSSR count). The molecule has 48 heavy (non-hydrogen) atoms. The molecule has 0 fully saturated rings. The van der Waals surface area contributed by atoms with Crippen molar-refractivity contribution in [1.82, 2.24) is 0 Å². The quantitative estimate of drug-likeness (QED) is 0.0487. The Balaban J connectivity index is 0.000000401. The van der Waals surface area contributed by atoms with Gasteiger partial charge in [-0.1, -0.05) is 31.4 Å². The molecule has 0 aromatic heterocycles. The largest absolute Gasteiger partial charge is 0.743 e. The lowest BCUT2D eigenvalue weighted by Gasteiger charge is -2.34. The minimum Gasteiger partial charge on any atom is -0.743 e. The molecule has 0 aliphatic heterocycles. The minimum atomic E-state index is -7.43. The Labute approximate surface area is 272 Å². The fraction of sp³-hybridized carbons (Fsp3) is 0.267. The lowest BCUT2D eigenvalue weighted by molar-refractivity contribution is -0.382. The third-order valence-corrected chi connectivity index (χ3v) is 8.82. The van der Waals surface area contributed by atoms with E-state index in [9.17, 15) is 52.5 Å².